The summed E-state index contributed by atoms with van der Waals surface area (Å²) < 4.78 is 80.1. The Labute approximate surface area is 291 Å². The normalized spacial score (nSPS) is 13.7. The van der Waals surface area contributed by atoms with E-state index in [2.05, 4.69) is 0 Å². The zero-order valence-electron chi connectivity index (χ0n) is 33.6. The van der Waals surface area contributed by atoms with Crippen molar-refractivity contribution in [3.05, 3.63) is 188 Å². The monoisotopic (exact) mass is 621 g/mol. The minimum Gasteiger partial charge on any atom is -0.456 e. The molecule has 0 saturated heterocycles. The van der Waals surface area contributed by atoms with Crippen LogP contribution in [0.3, 0.4) is 0 Å². The Hall–Kier alpha value is -6.38. The molecule has 1 heterocycles. The third-order valence-electron chi connectivity index (χ3n) is 8.56. The molecule has 2 nitrogen and oxygen atoms in total. The fourth-order valence-corrected chi connectivity index (χ4v) is 6.17. The van der Waals surface area contributed by atoms with Crippen molar-refractivity contribution in [1.29, 1.82) is 0 Å². The Kier molecular flexibility index (Phi) is 5.07. The van der Waals surface area contributed by atoms with Crippen LogP contribution in [0.2, 0.25) is 0 Å². The zero-order valence-corrected chi connectivity index (χ0v) is 25.6. The number of fused-ring (bicyclic) bond motifs is 5. The Morgan fingerprint density at radius 1 is 0.375 bits per heavy atom. The summed E-state index contributed by atoms with van der Waals surface area (Å²) in [6, 6.07) is 41.9. The van der Waals surface area contributed by atoms with Crippen molar-refractivity contribution < 1.29 is 15.4 Å². The summed E-state index contributed by atoms with van der Waals surface area (Å²) in [6.07, 6.45) is 0. The fraction of sp³-hybridized carbons (Fsp3) is 0. The number of benzene rings is 8. The minimum atomic E-state index is -0.389. The first kappa shape index (κ1) is 20.7. The Morgan fingerprint density at radius 2 is 0.875 bits per heavy atom. The molecule has 0 aliphatic rings. The molecule has 9 aromatic rings. The van der Waals surface area contributed by atoms with Crippen LogP contribution >= 0.6 is 0 Å². The van der Waals surface area contributed by atoms with E-state index in [0.717, 1.165) is 22.3 Å². The summed E-state index contributed by atoms with van der Waals surface area (Å²) in [6.45, 7) is 0. The minimum absolute atomic E-state index is 0.0423. The SMILES string of the molecule is [2H]c1c(-c2ccccc2)c([2H])c2c(c1[2H])c([2H])c([2H])c1oc3c([2H])c(N(c4ccc(-c5ccccc5)cc4)c4ccc(-c5ccccc5)cc4)c([2H])c([2H])c3c12. The second-order valence-corrected chi connectivity index (χ2v) is 11.5. The smallest absolute Gasteiger partial charge is 0.137 e. The summed E-state index contributed by atoms with van der Waals surface area (Å²) in [4.78, 5) is 1.76. The van der Waals surface area contributed by atoms with Gasteiger partial charge in [0.1, 0.15) is 11.2 Å². The molecular formula is C46H31NO. The van der Waals surface area contributed by atoms with Gasteiger partial charge in [-0.2, -0.15) is 0 Å². The first-order chi connectivity index (χ1) is 27.2. The summed E-state index contributed by atoms with van der Waals surface area (Å²) in [5.41, 5.74) is 5.87. The first-order valence-corrected chi connectivity index (χ1v) is 15.7. The molecule has 0 atom stereocenters. The predicted molar refractivity (Wildman–Crippen MR) is 202 cm³/mol. The Balaban J connectivity index is 1.32. The number of nitrogens with zero attached hydrogens (tertiary/aromatic N) is 1. The van der Waals surface area contributed by atoms with E-state index in [1.807, 2.05) is 115 Å². The van der Waals surface area contributed by atoms with Crippen molar-refractivity contribution in [2.75, 3.05) is 4.90 Å². The van der Waals surface area contributed by atoms with E-state index in [1.165, 1.54) is 0 Å². The third kappa shape index (κ3) is 5.01. The molecule has 0 N–H and O–H groups in total. The first-order valence-electron chi connectivity index (χ1n) is 19.7. The summed E-state index contributed by atoms with van der Waals surface area (Å²) in [5, 5.41) is 0.140. The molecule has 1 aromatic heterocycles. The van der Waals surface area contributed by atoms with Crippen LogP contribution in [-0.2, 0) is 0 Å². The molecule has 0 fully saturated rings. The van der Waals surface area contributed by atoms with Crippen molar-refractivity contribution in [2.45, 2.75) is 0 Å². The second kappa shape index (κ2) is 11.8. The summed E-state index contributed by atoms with van der Waals surface area (Å²) in [7, 11) is 0. The topological polar surface area (TPSA) is 16.4 Å². The molecule has 0 amide bonds. The summed E-state index contributed by atoms with van der Waals surface area (Å²) in [5.74, 6) is 0. The Morgan fingerprint density at radius 3 is 1.44 bits per heavy atom. The highest BCUT2D eigenvalue weighted by Gasteiger charge is 2.17. The molecule has 0 aliphatic carbocycles. The number of hydrogen-bond acceptors (Lipinski definition) is 2. The van der Waals surface area contributed by atoms with Crippen LogP contribution < -0.4 is 4.90 Å². The molecule has 2 heteroatoms. The lowest BCUT2D eigenvalue weighted by Gasteiger charge is -2.26. The van der Waals surface area contributed by atoms with E-state index in [0.29, 0.717) is 16.9 Å². The Bertz CT molecular complexity index is 2890. The standard InChI is InChI=1S/C46H31NO/c1-4-10-32(11-5-1)35-18-23-39(24-19-35)47(40-25-20-36(21-26-40)33-12-6-2-7-13-33)41-27-28-42-45(31-41)48-44-29-22-37-16-17-38(30-43(37)46(42)44)34-14-8-3-9-15-34/h1-31H/i16D,17D,22D,27D,28D,29D,30D,31D. The molecule has 0 radical (unpaired) electrons. The van der Waals surface area contributed by atoms with Gasteiger partial charge in [-0.25, -0.2) is 0 Å². The van der Waals surface area contributed by atoms with Crippen molar-refractivity contribution in [2.24, 2.45) is 0 Å². The number of rotatable bonds is 6. The molecule has 0 unspecified atom stereocenters. The van der Waals surface area contributed by atoms with Crippen LogP contribution in [0.25, 0.3) is 66.1 Å². The van der Waals surface area contributed by atoms with Gasteiger partial charge in [0.25, 0.3) is 0 Å². The number of furan rings is 1. The lowest BCUT2D eigenvalue weighted by atomic mass is 9.98. The molecular weight excluding hydrogens is 583 g/mol. The van der Waals surface area contributed by atoms with Crippen LogP contribution in [0, 0.1) is 0 Å². The average Bonchev–Trinajstić information content (AvgIpc) is 3.65. The van der Waals surface area contributed by atoms with Gasteiger partial charge in [0.2, 0.25) is 0 Å². The molecule has 9 rings (SSSR count). The van der Waals surface area contributed by atoms with Crippen LogP contribution in [0.5, 0.6) is 0 Å². The van der Waals surface area contributed by atoms with Gasteiger partial charge < -0.3 is 9.32 Å². The molecule has 8 aromatic carbocycles. The lowest BCUT2D eigenvalue weighted by molar-refractivity contribution is 0.669. The maximum Gasteiger partial charge on any atom is 0.137 e. The molecule has 0 aliphatic heterocycles. The van der Waals surface area contributed by atoms with E-state index in [9.17, 15) is 5.48 Å². The highest BCUT2D eigenvalue weighted by Crippen LogP contribution is 2.41. The molecule has 226 valence electrons. The highest BCUT2D eigenvalue weighted by molar-refractivity contribution is 6.19. The van der Waals surface area contributed by atoms with E-state index >= 15 is 0 Å². The average molecular weight is 622 g/mol. The van der Waals surface area contributed by atoms with Crippen LogP contribution in [-0.4, -0.2) is 0 Å². The molecule has 0 saturated carbocycles. The van der Waals surface area contributed by atoms with Gasteiger partial charge >= 0.3 is 0 Å². The van der Waals surface area contributed by atoms with Gasteiger partial charge in [-0.3, -0.25) is 0 Å². The summed E-state index contributed by atoms with van der Waals surface area (Å²) >= 11 is 0. The van der Waals surface area contributed by atoms with E-state index < -0.39 is 0 Å². The third-order valence-corrected chi connectivity index (χ3v) is 8.56. The van der Waals surface area contributed by atoms with Crippen LogP contribution in [0.15, 0.2) is 192 Å². The number of anilines is 3. The van der Waals surface area contributed by atoms with Gasteiger partial charge in [0.05, 0.1) is 11.0 Å². The van der Waals surface area contributed by atoms with Gasteiger partial charge in [0.15, 0.2) is 0 Å². The van der Waals surface area contributed by atoms with E-state index in [-0.39, 0.29) is 92.3 Å². The zero-order chi connectivity index (χ0) is 38.8. The van der Waals surface area contributed by atoms with Crippen molar-refractivity contribution in [1.82, 2.24) is 0 Å². The van der Waals surface area contributed by atoms with Gasteiger partial charge in [-0.1, -0.05) is 133 Å². The number of hydrogen-bond donors (Lipinski definition) is 0. The van der Waals surface area contributed by atoms with Gasteiger partial charge in [-0.15, -0.1) is 0 Å². The van der Waals surface area contributed by atoms with Crippen LogP contribution in [0.4, 0.5) is 17.1 Å². The van der Waals surface area contributed by atoms with E-state index in [1.54, 1.807) is 29.2 Å². The van der Waals surface area contributed by atoms with Crippen LogP contribution in [0.1, 0.15) is 11.0 Å². The van der Waals surface area contributed by atoms with Crippen molar-refractivity contribution in [3.8, 4) is 33.4 Å². The molecule has 48 heavy (non-hydrogen) atoms. The van der Waals surface area contributed by atoms with Gasteiger partial charge in [0, 0.05) is 33.9 Å². The molecule has 0 spiro atoms. The highest BCUT2D eigenvalue weighted by atomic mass is 16.3. The quantitative estimate of drug-likeness (QED) is 0.184. The maximum absolute atomic E-state index is 9.67. The van der Waals surface area contributed by atoms with E-state index in [4.69, 9.17) is 9.90 Å². The lowest BCUT2D eigenvalue weighted by Crippen LogP contribution is -2.09. The fourth-order valence-electron chi connectivity index (χ4n) is 6.17. The predicted octanol–water partition coefficient (Wildman–Crippen LogP) is 13.2. The van der Waals surface area contributed by atoms with Crippen molar-refractivity contribution >= 4 is 49.8 Å². The maximum atomic E-state index is 9.67. The molecule has 0 bridgehead atoms. The van der Waals surface area contributed by atoms with Crippen molar-refractivity contribution in [3.63, 3.8) is 0 Å². The second-order valence-electron chi connectivity index (χ2n) is 11.5. The van der Waals surface area contributed by atoms with Gasteiger partial charge in [-0.05, 0) is 92.6 Å². The largest absolute Gasteiger partial charge is 0.456 e.